The Balaban J connectivity index is 4.03. The number of nitrogens with two attached hydrogens (primary N) is 1. The van der Waals surface area contributed by atoms with Crippen LogP contribution in [-0.2, 0) is 32.7 Å². The first-order chi connectivity index (χ1) is 27.3. The fourth-order valence-electron chi connectivity index (χ4n) is 6.57. The molecule has 0 aliphatic heterocycles. The second kappa shape index (κ2) is 43.1. The summed E-state index contributed by atoms with van der Waals surface area (Å²) >= 11 is 0. The molecule has 0 aliphatic rings. The maximum absolute atomic E-state index is 12.6. The van der Waals surface area contributed by atoms with Crippen LogP contribution in [0.2, 0.25) is 0 Å². The average Bonchev–Trinajstić information content (AvgIpc) is 3.18. The number of carbonyl (C=O) groups excluding carboxylic acids is 2. The van der Waals surface area contributed by atoms with Crippen LogP contribution in [0.15, 0.2) is 24.3 Å². The minimum Gasteiger partial charge on any atom is -0.462 e. The Morgan fingerprint density at radius 3 is 1.30 bits per heavy atom. The fourth-order valence-corrected chi connectivity index (χ4v) is 7.33. The molecular formula is C46H88NO8P. The van der Waals surface area contributed by atoms with E-state index in [0.29, 0.717) is 6.42 Å². The maximum Gasteiger partial charge on any atom is 0.472 e. The van der Waals surface area contributed by atoms with Crippen LogP contribution < -0.4 is 5.73 Å². The molecule has 330 valence electrons. The molecule has 0 radical (unpaired) electrons. The molecule has 10 heteroatoms. The predicted molar refractivity (Wildman–Crippen MR) is 234 cm³/mol. The highest BCUT2D eigenvalue weighted by molar-refractivity contribution is 7.47. The van der Waals surface area contributed by atoms with Gasteiger partial charge in [0.15, 0.2) is 6.10 Å². The van der Waals surface area contributed by atoms with Crippen molar-refractivity contribution < 1.29 is 37.6 Å². The molecule has 0 saturated carbocycles. The lowest BCUT2D eigenvalue weighted by Gasteiger charge is -2.19. The van der Waals surface area contributed by atoms with Gasteiger partial charge in [-0.3, -0.25) is 18.6 Å². The summed E-state index contributed by atoms with van der Waals surface area (Å²) in [5.74, 6) is -0.833. The van der Waals surface area contributed by atoms with Gasteiger partial charge in [0.05, 0.1) is 13.2 Å². The van der Waals surface area contributed by atoms with Crippen LogP contribution in [0.1, 0.15) is 226 Å². The number of phosphoric ester groups is 1. The van der Waals surface area contributed by atoms with Crippen molar-refractivity contribution in [1.82, 2.24) is 0 Å². The van der Waals surface area contributed by atoms with E-state index in [9.17, 15) is 19.0 Å². The first kappa shape index (κ1) is 54.5. The molecule has 0 fully saturated rings. The van der Waals surface area contributed by atoms with E-state index in [2.05, 4.69) is 38.2 Å². The van der Waals surface area contributed by atoms with Gasteiger partial charge in [-0.25, -0.2) is 4.57 Å². The van der Waals surface area contributed by atoms with E-state index < -0.39 is 26.5 Å². The van der Waals surface area contributed by atoms with Gasteiger partial charge in [0, 0.05) is 19.4 Å². The van der Waals surface area contributed by atoms with Crippen molar-refractivity contribution in [1.29, 1.82) is 0 Å². The number of esters is 2. The second-order valence-electron chi connectivity index (χ2n) is 15.6. The Labute approximate surface area is 344 Å². The summed E-state index contributed by atoms with van der Waals surface area (Å²) < 4.78 is 32.8. The second-order valence-corrected chi connectivity index (χ2v) is 17.1. The standard InChI is InChI=1S/C46H88NO8P/c1-3-5-7-9-11-13-15-17-18-19-20-21-22-23-24-25-26-27-29-31-33-35-37-39-46(49)55-44(43-54-56(50,51)53-41-40-47)42-52-45(48)38-36-34-32-30-28-16-14-12-10-8-6-4-2/h12,14,19-20,44H,3-11,13,15-18,21-43,47H2,1-2H3,(H,50,51)/b14-12-,20-19-. The van der Waals surface area contributed by atoms with Crippen molar-refractivity contribution in [3.8, 4) is 0 Å². The number of ether oxygens (including phenoxy) is 2. The van der Waals surface area contributed by atoms with Gasteiger partial charge in [0.1, 0.15) is 6.61 Å². The van der Waals surface area contributed by atoms with E-state index in [1.807, 2.05) is 0 Å². The number of unbranched alkanes of at least 4 members (excludes halogenated alkanes) is 27. The molecule has 0 heterocycles. The number of phosphoric acid groups is 1. The molecule has 2 unspecified atom stereocenters. The van der Waals surface area contributed by atoms with E-state index in [1.54, 1.807) is 0 Å². The Bertz CT molecular complexity index is 975. The van der Waals surface area contributed by atoms with Crippen molar-refractivity contribution in [2.24, 2.45) is 5.73 Å². The number of allylic oxidation sites excluding steroid dienone is 4. The van der Waals surface area contributed by atoms with Gasteiger partial charge in [-0.15, -0.1) is 0 Å². The van der Waals surface area contributed by atoms with Gasteiger partial charge in [-0.05, 0) is 64.2 Å². The van der Waals surface area contributed by atoms with E-state index in [1.165, 1.54) is 135 Å². The third-order valence-corrected chi connectivity index (χ3v) is 11.0. The molecule has 0 bridgehead atoms. The zero-order valence-corrected chi connectivity index (χ0v) is 37.3. The minimum atomic E-state index is -4.38. The van der Waals surface area contributed by atoms with E-state index in [4.69, 9.17) is 24.3 Å². The van der Waals surface area contributed by atoms with E-state index in [-0.39, 0.29) is 38.6 Å². The Hall–Kier alpha value is -1.51. The van der Waals surface area contributed by atoms with Crippen LogP contribution in [0.5, 0.6) is 0 Å². The summed E-state index contributed by atoms with van der Waals surface area (Å²) in [7, 11) is -4.38. The lowest BCUT2D eigenvalue weighted by molar-refractivity contribution is -0.161. The van der Waals surface area contributed by atoms with E-state index >= 15 is 0 Å². The first-order valence-corrected chi connectivity index (χ1v) is 24.8. The molecule has 0 saturated heterocycles. The summed E-state index contributed by atoms with van der Waals surface area (Å²) in [5, 5.41) is 0. The predicted octanol–water partition coefficient (Wildman–Crippen LogP) is 13.6. The Morgan fingerprint density at radius 2 is 0.875 bits per heavy atom. The smallest absolute Gasteiger partial charge is 0.462 e. The summed E-state index contributed by atoms with van der Waals surface area (Å²) in [4.78, 5) is 34.9. The zero-order valence-electron chi connectivity index (χ0n) is 36.4. The molecule has 0 aliphatic carbocycles. The molecule has 3 N–H and O–H groups in total. The van der Waals surface area contributed by atoms with Crippen LogP contribution in [-0.4, -0.2) is 49.3 Å². The lowest BCUT2D eigenvalue weighted by Crippen LogP contribution is -2.29. The topological polar surface area (TPSA) is 134 Å². The molecule has 0 rings (SSSR count). The zero-order chi connectivity index (χ0) is 41.1. The number of hydrogen-bond acceptors (Lipinski definition) is 8. The SMILES string of the molecule is CCCCC/C=C\CCCCCCCC(=O)OCC(COP(=O)(O)OCCN)OC(=O)CCCCCCCCCCCCC/C=C\CCCCCCCCCC. The van der Waals surface area contributed by atoms with Gasteiger partial charge in [0.2, 0.25) is 0 Å². The average molecular weight is 814 g/mol. The molecule has 9 nitrogen and oxygen atoms in total. The van der Waals surface area contributed by atoms with Crippen molar-refractivity contribution in [3.63, 3.8) is 0 Å². The number of rotatable bonds is 44. The summed E-state index contributed by atoms with van der Waals surface area (Å²) in [6.07, 6.45) is 46.5. The van der Waals surface area contributed by atoms with Crippen molar-refractivity contribution >= 4 is 19.8 Å². The summed E-state index contributed by atoms with van der Waals surface area (Å²) in [6, 6.07) is 0. The Kier molecular flexibility index (Phi) is 41.9. The van der Waals surface area contributed by atoms with Crippen LogP contribution >= 0.6 is 7.82 Å². The molecule has 2 atom stereocenters. The summed E-state index contributed by atoms with van der Waals surface area (Å²) in [6.45, 7) is 3.72. The van der Waals surface area contributed by atoms with Gasteiger partial charge in [-0.1, -0.05) is 173 Å². The molecule has 56 heavy (non-hydrogen) atoms. The van der Waals surface area contributed by atoms with Crippen molar-refractivity contribution in [3.05, 3.63) is 24.3 Å². The van der Waals surface area contributed by atoms with Gasteiger partial charge >= 0.3 is 19.8 Å². The molecular weight excluding hydrogens is 725 g/mol. The lowest BCUT2D eigenvalue weighted by atomic mass is 10.0. The van der Waals surface area contributed by atoms with Gasteiger partial charge in [-0.2, -0.15) is 0 Å². The molecule has 0 amide bonds. The monoisotopic (exact) mass is 814 g/mol. The third-order valence-electron chi connectivity index (χ3n) is 10.1. The van der Waals surface area contributed by atoms with Crippen LogP contribution in [0.4, 0.5) is 0 Å². The number of hydrogen-bond donors (Lipinski definition) is 2. The van der Waals surface area contributed by atoms with Gasteiger partial charge < -0.3 is 20.1 Å². The quantitative estimate of drug-likeness (QED) is 0.0267. The molecule has 0 aromatic heterocycles. The van der Waals surface area contributed by atoms with Crippen LogP contribution in [0, 0.1) is 0 Å². The minimum absolute atomic E-state index is 0.0534. The highest BCUT2D eigenvalue weighted by Gasteiger charge is 2.26. The van der Waals surface area contributed by atoms with E-state index in [0.717, 1.165) is 57.8 Å². The maximum atomic E-state index is 12.6. The summed E-state index contributed by atoms with van der Waals surface area (Å²) in [5.41, 5.74) is 5.35. The molecule has 0 aromatic rings. The first-order valence-electron chi connectivity index (χ1n) is 23.3. The molecule has 0 spiro atoms. The fraction of sp³-hybridized carbons (Fsp3) is 0.870. The van der Waals surface area contributed by atoms with Crippen LogP contribution in [0.3, 0.4) is 0 Å². The Morgan fingerprint density at radius 1 is 0.518 bits per heavy atom. The highest BCUT2D eigenvalue weighted by Crippen LogP contribution is 2.43. The largest absolute Gasteiger partial charge is 0.472 e. The normalized spacial score (nSPS) is 13.4. The third kappa shape index (κ3) is 42.1. The number of carbonyl (C=O) groups is 2. The highest BCUT2D eigenvalue weighted by atomic mass is 31.2. The molecule has 0 aromatic carbocycles. The van der Waals surface area contributed by atoms with Crippen molar-refractivity contribution in [2.75, 3.05) is 26.4 Å². The van der Waals surface area contributed by atoms with Gasteiger partial charge in [0.25, 0.3) is 0 Å². The van der Waals surface area contributed by atoms with Crippen LogP contribution in [0.25, 0.3) is 0 Å². The van der Waals surface area contributed by atoms with Crippen molar-refractivity contribution in [2.45, 2.75) is 232 Å².